The smallest absolute Gasteiger partial charge is 0.379 e. The van der Waals surface area contributed by atoms with E-state index in [1.165, 1.54) is 42.2 Å². The molecule has 0 saturated carbocycles. The van der Waals surface area contributed by atoms with E-state index >= 15 is 0 Å². The maximum Gasteiger partial charge on any atom is 0.471 e. The number of carbonyl (C=O) groups is 3. The van der Waals surface area contributed by atoms with Gasteiger partial charge >= 0.3 is 12.1 Å². The summed E-state index contributed by atoms with van der Waals surface area (Å²) in [6, 6.07) is 4.30. The van der Waals surface area contributed by atoms with Gasteiger partial charge in [-0.05, 0) is 37.1 Å². The predicted octanol–water partition coefficient (Wildman–Crippen LogP) is 2.38. The molecule has 0 spiro atoms. The fourth-order valence-corrected chi connectivity index (χ4v) is 2.20. The molecule has 3 amide bonds. The molecule has 0 aliphatic rings. The Morgan fingerprint density at radius 3 is 2.32 bits per heavy atom. The Morgan fingerprint density at radius 1 is 1.23 bits per heavy atom. The van der Waals surface area contributed by atoms with Crippen LogP contribution in [-0.2, 0) is 14.4 Å². The van der Waals surface area contributed by atoms with Gasteiger partial charge in [0.15, 0.2) is 5.75 Å². The van der Waals surface area contributed by atoms with Crippen LogP contribution in [-0.4, -0.2) is 48.4 Å². The molecule has 1 rings (SSSR count). The van der Waals surface area contributed by atoms with Gasteiger partial charge in [0.05, 0.1) is 6.04 Å². The number of nitrogens with two attached hydrogens (primary N) is 1. The third-order valence-electron chi connectivity index (χ3n) is 4.58. The van der Waals surface area contributed by atoms with Crippen LogP contribution in [0.5, 0.6) is 5.75 Å². The number of halogens is 3. The number of nitrogens with one attached hydrogen (secondary N) is 2. The molecule has 172 valence electrons. The van der Waals surface area contributed by atoms with Crippen molar-refractivity contribution in [3.05, 3.63) is 35.9 Å². The summed E-state index contributed by atoms with van der Waals surface area (Å²) in [5.41, 5.74) is 8.30. The van der Waals surface area contributed by atoms with Crippen molar-refractivity contribution >= 4 is 23.4 Å². The van der Waals surface area contributed by atoms with Gasteiger partial charge in [0.25, 0.3) is 5.91 Å². The molecule has 0 radical (unpaired) electrons. The molecule has 0 aliphatic heterocycles. The van der Waals surface area contributed by atoms with Gasteiger partial charge in [0.2, 0.25) is 5.91 Å². The van der Waals surface area contributed by atoms with Crippen LogP contribution >= 0.6 is 0 Å². The topological polar surface area (TPSA) is 114 Å². The van der Waals surface area contributed by atoms with E-state index in [1.807, 2.05) is 13.8 Å². The molecule has 0 fully saturated rings. The SMILES string of the molecule is CCC(C)C(N)C(=O)N(C)C/C=C(\C)C(=O)NOc1ccc(NC(=O)C(F)(F)F)cc1. The van der Waals surface area contributed by atoms with Crippen molar-refractivity contribution in [1.82, 2.24) is 10.4 Å². The Labute approximate surface area is 178 Å². The second kappa shape index (κ2) is 11.3. The van der Waals surface area contributed by atoms with Gasteiger partial charge < -0.3 is 20.8 Å². The van der Waals surface area contributed by atoms with E-state index in [-0.39, 0.29) is 35.4 Å². The molecule has 31 heavy (non-hydrogen) atoms. The Bertz CT molecular complexity index is 810. The van der Waals surface area contributed by atoms with Crippen LogP contribution in [0.4, 0.5) is 18.9 Å². The summed E-state index contributed by atoms with van der Waals surface area (Å²) in [5.74, 6) is -2.72. The quantitative estimate of drug-likeness (QED) is 0.400. The second-order valence-corrected chi connectivity index (χ2v) is 7.03. The summed E-state index contributed by atoms with van der Waals surface area (Å²) >= 11 is 0. The Hall–Kier alpha value is -3.08. The summed E-state index contributed by atoms with van der Waals surface area (Å²) in [4.78, 5) is 41.7. The minimum absolute atomic E-state index is 0.0323. The first-order chi connectivity index (χ1) is 14.4. The van der Waals surface area contributed by atoms with Crippen molar-refractivity contribution in [2.45, 2.75) is 39.4 Å². The summed E-state index contributed by atoms with van der Waals surface area (Å²) in [6.45, 7) is 5.54. The van der Waals surface area contributed by atoms with Gasteiger partial charge in [-0.3, -0.25) is 14.4 Å². The minimum atomic E-state index is -5.00. The van der Waals surface area contributed by atoms with Crippen molar-refractivity contribution in [1.29, 1.82) is 0 Å². The van der Waals surface area contributed by atoms with E-state index in [2.05, 4.69) is 5.48 Å². The van der Waals surface area contributed by atoms with Crippen LogP contribution in [0, 0.1) is 5.92 Å². The largest absolute Gasteiger partial charge is 0.471 e. The highest BCUT2D eigenvalue weighted by molar-refractivity contribution is 5.95. The van der Waals surface area contributed by atoms with Crippen molar-refractivity contribution in [2.24, 2.45) is 11.7 Å². The zero-order valence-corrected chi connectivity index (χ0v) is 17.7. The number of rotatable bonds is 9. The average Bonchev–Trinajstić information content (AvgIpc) is 2.73. The molecule has 11 heteroatoms. The molecule has 1 aromatic carbocycles. The van der Waals surface area contributed by atoms with Gasteiger partial charge in [-0.25, -0.2) is 0 Å². The van der Waals surface area contributed by atoms with Crippen LogP contribution in [0.25, 0.3) is 0 Å². The maximum atomic E-state index is 12.2. The fraction of sp³-hybridized carbons (Fsp3) is 0.450. The zero-order valence-electron chi connectivity index (χ0n) is 17.7. The van der Waals surface area contributed by atoms with Gasteiger partial charge in [0, 0.05) is 24.9 Å². The lowest BCUT2D eigenvalue weighted by molar-refractivity contribution is -0.167. The van der Waals surface area contributed by atoms with Crippen LogP contribution in [0.15, 0.2) is 35.9 Å². The molecule has 2 unspecified atom stereocenters. The zero-order chi connectivity index (χ0) is 23.8. The van der Waals surface area contributed by atoms with E-state index in [0.29, 0.717) is 0 Å². The number of nitrogens with zero attached hydrogens (tertiary/aromatic N) is 1. The van der Waals surface area contributed by atoms with Crippen molar-refractivity contribution < 1.29 is 32.4 Å². The van der Waals surface area contributed by atoms with Crippen molar-refractivity contribution in [3.8, 4) is 5.75 Å². The second-order valence-electron chi connectivity index (χ2n) is 7.03. The first kappa shape index (κ1) is 26.0. The molecule has 2 atom stereocenters. The minimum Gasteiger partial charge on any atom is -0.379 e. The van der Waals surface area contributed by atoms with Gasteiger partial charge in [-0.2, -0.15) is 18.7 Å². The molecule has 1 aromatic rings. The molecule has 0 aromatic heterocycles. The van der Waals surface area contributed by atoms with Crippen molar-refractivity contribution in [2.75, 3.05) is 18.9 Å². The highest BCUT2D eigenvalue weighted by Crippen LogP contribution is 2.20. The van der Waals surface area contributed by atoms with E-state index in [1.54, 1.807) is 12.4 Å². The number of amides is 3. The number of hydrogen-bond acceptors (Lipinski definition) is 5. The standard InChI is InChI=1S/C20H27F3N4O4/c1-5-12(2)16(24)18(29)27(4)11-10-13(3)17(28)26-31-15-8-6-14(7-9-15)25-19(30)20(21,22)23/h6-10,12,16H,5,11,24H2,1-4H3,(H,25,30)(H,26,28)/b13-10+. The first-order valence-electron chi connectivity index (χ1n) is 9.49. The third-order valence-corrected chi connectivity index (χ3v) is 4.58. The molecular formula is C20H27F3N4O4. The number of carbonyl (C=O) groups excluding carboxylic acids is 3. The number of benzene rings is 1. The molecule has 0 saturated heterocycles. The number of alkyl halides is 3. The summed E-state index contributed by atoms with van der Waals surface area (Å²) < 4.78 is 36.7. The molecule has 4 N–H and O–H groups in total. The number of hydrogen-bond donors (Lipinski definition) is 3. The van der Waals surface area contributed by atoms with Crippen LogP contribution < -0.4 is 21.4 Å². The average molecular weight is 444 g/mol. The maximum absolute atomic E-state index is 12.2. The Kier molecular flexibility index (Phi) is 9.50. The lowest BCUT2D eigenvalue weighted by atomic mass is 9.99. The predicted molar refractivity (Wildman–Crippen MR) is 109 cm³/mol. The van der Waals surface area contributed by atoms with Gasteiger partial charge in [0.1, 0.15) is 0 Å². The third kappa shape index (κ3) is 8.28. The molecule has 0 heterocycles. The first-order valence-corrected chi connectivity index (χ1v) is 9.49. The molecule has 8 nitrogen and oxygen atoms in total. The Morgan fingerprint density at radius 2 is 1.81 bits per heavy atom. The van der Waals surface area contributed by atoms with E-state index in [4.69, 9.17) is 10.6 Å². The van der Waals surface area contributed by atoms with E-state index < -0.39 is 24.0 Å². The van der Waals surface area contributed by atoms with Crippen LogP contribution in [0.2, 0.25) is 0 Å². The number of likely N-dealkylation sites (N-methyl/N-ethyl adjacent to an activating group) is 1. The summed E-state index contributed by atoms with van der Waals surface area (Å²) in [6.07, 6.45) is -2.69. The highest BCUT2D eigenvalue weighted by Gasteiger charge is 2.38. The van der Waals surface area contributed by atoms with Crippen LogP contribution in [0.3, 0.4) is 0 Å². The summed E-state index contributed by atoms with van der Waals surface area (Å²) in [5, 5.41) is 1.69. The normalized spacial score (nSPS) is 13.7. The molecular weight excluding hydrogens is 417 g/mol. The monoisotopic (exact) mass is 444 g/mol. The van der Waals surface area contributed by atoms with E-state index in [9.17, 15) is 27.6 Å². The highest BCUT2D eigenvalue weighted by atomic mass is 19.4. The number of hydroxylamine groups is 1. The lowest BCUT2D eigenvalue weighted by Crippen LogP contribution is -2.45. The van der Waals surface area contributed by atoms with E-state index in [0.717, 1.165) is 6.42 Å². The lowest BCUT2D eigenvalue weighted by Gasteiger charge is -2.23. The van der Waals surface area contributed by atoms with Gasteiger partial charge in [-0.1, -0.05) is 26.3 Å². The molecule has 0 aliphatic carbocycles. The Balaban J connectivity index is 2.56. The van der Waals surface area contributed by atoms with Crippen molar-refractivity contribution in [3.63, 3.8) is 0 Å². The number of anilines is 1. The van der Waals surface area contributed by atoms with Gasteiger partial charge in [-0.15, -0.1) is 0 Å². The fourth-order valence-electron chi connectivity index (χ4n) is 2.20. The summed E-state index contributed by atoms with van der Waals surface area (Å²) in [7, 11) is 1.59. The molecule has 0 bridgehead atoms. The van der Waals surface area contributed by atoms with Crippen LogP contribution in [0.1, 0.15) is 27.2 Å².